The van der Waals surface area contributed by atoms with E-state index in [4.69, 9.17) is 23.7 Å². The molecule has 3 saturated heterocycles. The van der Waals surface area contributed by atoms with Gasteiger partial charge >= 0.3 is 6.09 Å². The van der Waals surface area contributed by atoms with Crippen LogP contribution in [0.2, 0.25) is 0 Å². The zero-order chi connectivity index (χ0) is 23.0. The predicted octanol–water partition coefficient (Wildman–Crippen LogP) is 4.02. The highest BCUT2D eigenvalue weighted by molar-refractivity contribution is 5.71. The fourth-order valence-electron chi connectivity index (χ4n) is 4.79. The molecule has 33 heavy (non-hydrogen) atoms. The van der Waals surface area contributed by atoms with Crippen LogP contribution in [0.1, 0.15) is 25.0 Å². The van der Waals surface area contributed by atoms with Crippen molar-refractivity contribution in [2.45, 2.75) is 69.5 Å². The van der Waals surface area contributed by atoms with E-state index in [-0.39, 0.29) is 0 Å². The van der Waals surface area contributed by atoms with Gasteiger partial charge in [-0.2, -0.15) is 0 Å². The Morgan fingerprint density at radius 2 is 1.67 bits per heavy atom. The lowest BCUT2D eigenvalue weighted by Gasteiger charge is -2.33. The number of hydrogen-bond acceptors (Lipinski definition) is 6. The SMILES string of the molecule is C=C[C@@H]1OC(=O)N(Cc2ccccc2)[C@H]1[C@H]1O[C@@H]2OC(C)(C)O[C@@H]2[C@H]1OCc1ccccc1. The highest BCUT2D eigenvalue weighted by atomic mass is 16.8. The summed E-state index contributed by atoms with van der Waals surface area (Å²) in [7, 11) is 0. The van der Waals surface area contributed by atoms with Gasteiger partial charge in [-0.15, -0.1) is 0 Å². The molecule has 3 aliphatic heterocycles. The number of amides is 1. The van der Waals surface area contributed by atoms with Gasteiger partial charge in [-0.05, 0) is 31.1 Å². The van der Waals surface area contributed by atoms with Gasteiger partial charge in [-0.25, -0.2) is 4.79 Å². The Bertz CT molecular complexity index is 981. The van der Waals surface area contributed by atoms with E-state index >= 15 is 0 Å². The van der Waals surface area contributed by atoms with Crippen LogP contribution in [0.4, 0.5) is 4.79 Å². The van der Waals surface area contributed by atoms with Crippen molar-refractivity contribution in [2.75, 3.05) is 0 Å². The maximum absolute atomic E-state index is 12.8. The molecule has 0 saturated carbocycles. The summed E-state index contributed by atoms with van der Waals surface area (Å²) in [6.45, 7) is 8.38. The third kappa shape index (κ3) is 4.42. The number of rotatable bonds is 7. The highest BCUT2D eigenvalue weighted by Gasteiger charge is 2.61. The first-order valence-electron chi connectivity index (χ1n) is 11.3. The molecule has 0 bridgehead atoms. The lowest BCUT2D eigenvalue weighted by molar-refractivity contribution is -0.225. The average Bonchev–Trinajstić information content (AvgIpc) is 3.40. The topological polar surface area (TPSA) is 66.5 Å². The van der Waals surface area contributed by atoms with E-state index in [1.165, 1.54) is 0 Å². The summed E-state index contributed by atoms with van der Waals surface area (Å²) in [5.41, 5.74) is 2.04. The van der Waals surface area contributed by atoms with Crippen LogP contribution < -0.4 is 0 Å². The van der Waals surface area contributed by atoms with Crippen LogP contribution in [0.3, 0.4) is 0 Å². The summed E-state index contributed by atoms with van der Waals surface area (Å²) in [4.78, 5) is 14.5. The fraction of sp³-hybridized carbons (Fsp3) is 0.423. The Labute approximate surface area is 193 Å². The van der Waals surface area contributed by atoms with Crippen molar-refractivity contribution in [1.82, 2.24) is 4.90 Å². The number of benzene rings is 2. The minimum atomic E-state index is -0.780. The van der Waals surface area contributed by atoms with E-state index in [0.717, 1.165) is 11.1 Å². The Balaban J connectivity index is 1.43. The first kappa shape index (κ1) is 22.1. The number of cyclic esters (lactones) is 1. The van der Waals surface area contributed by atoms with Gasteiger partial charge in [0.1, 0.15) is 30.5 Å². The first-order valence-corrected chi connectivity index (χ1v) is 11.3. The van der Waals surface area contributed by atoms with Crippen molar-refractivity contribution >= 4 is 6.09 Å². The van der Waals surface area contributed by atoms with Crippen LogP contribution in [0, 0.1) is 0 Å². The molecule has 3 fully saturated rings. The number of carbonyl (C=O) groups is 1. The van der Waals surface area contributed by atoms with E-state index in [9.17, 15) is 4.79 Å². The molecule has 2 aromatic carbocycles. The molecule has 6 atom stereocenters. The average molecular weight is 452 g/mol. The van der Waals surface area contributed by atoms with E-state index in [0.29, 0.717) is 13.2 Å². The molecule has 3 heterocycles. The summed E-state index contributed by atoms with van der Waals surface area (Å²) in [5, 5.41) is 0. The molecule has 0 N–H and O–H groups in total. The number of fused-ring (bicyclic) bond motifs is 1. The van der Waals surface area contributed by atoms with Gasteiger partial charge in [0.15, 0.2) is 12.1 Å². The van der Waals surface area contributed by atoms with E-state index in [1.54, 1.807) is 11.0 Å². The standard InChI is InChI=1S/C26H29NO6/c1-4-19-20(27(25(28)30-19)15-17-11-7-5-8-12-17)21-22(29-16-18-13-9-6-10-14-18)23-24(31-21)33-26(2,3)32-23/h4-14,19-24H,1,15-16H2,2-3H3/t19-,20+,21+,22-,23+,24+/m0/s1. The molecular weight excluding hydrogens is 422 g/mol. The summed E-state index contributed by atoms with van der Waals surface area (Å²) < 4.78 is 30.6. The Kier molecular flexibility index (Phi) is 5.97. The Morgan fingerprint density at radius 3 is 2.33 bits per heavy atom. The highest BCUT2D eigenvalue weighted by Crippen LogP contribution is 2.43. The maximum Gasteiger partial charge on any atom is 0.411 e. The monoisotopic (exact) mass is 451 g/mol. The number of ether oxygens (including phenoxy) is 5. The molecule has 0 spiro atoms. The Hall–Kier alpha value is -2.71. The summed E-state index contributed by atoms with van der Waals surface area (Å²) in [6.07, 6.45) is -1.29. The fourth-order valence-corrected chi connectivity index (χ4v) is 4.79. The van der Waals surface area contributed by atoms with Gasteiger partial charge in [0.2, 0.25) is 0 Å². The van der Waals surface area contributed by atoms with Crippen molar-refractivity contribution in [3.8, 4) is 0 Å². The zero-order valence-electron chi connectivity index (χ0n) is 18.8. The van der Waals surface area contributed by atoms with Crippen LogP contribution in [0.25, 0.3) is 0 Å². The van der Waals surface area contributed by atoms with Gasteiger partial charge in [0.05, 0.1) is 6.61 Å². The van der Waals surface area contributed by atoms with Crippen molar-refractivity contribution in [2.24, 2.45) is 0 Å². The molecule has 3 aliphatic rings. The van der Waals surface area contributed by atoms with Gasteiger partial charge in [-0.3, -0.25) is 4.90 Å². The molecule has 0 aromatic heterocycles. The predicted molar refractivity (Wildman–Crippen MR) is 120 cm³/mol. The third-order valence-corrected chi connectivity index (χ3v) is 6.24. The smallest absolute Gasteiger partial charge is 0.411 e. The van der Waals surface area contributed by atoms with Crippen molar-refractivity contribution in [1.29, 1.82) is 0 Å². The van der Waals surface area contributed by atoms with Crippen LogP contribution in [-0.4, -0.2) is 53.5 Å². The Morgan fingerprint density at radius 1 is 1.00 bits per heavy atom. The van der Waals surface area contributed by atoms with Crippen LogP contribution in [0.15, 0.2) is 73.3 Å². The summed E-state index contributed by atoms with van der Waals surface area (Å²) >= 11 is 0. The largest absolute Gasteiger partial charge is 0.440 e. The quantitative estimate of drug-likeness (QED) is 0.593. The number of nitrogens with zero attached hydrogens (tertiary/aromatic N) is 1. The van der Waals surface area contributed by atoms with E-state index in [1.807, 2.05) is 74.5 Å². The van der Waals surface area contributed by atoms with Gasteiger partial charge < -0.3 is 23.7 Å². The lowest BCUT2D eigenvalue weighted by atomic mass is 9.97. The molecule has 1 amide bonds. The van der Waals surface area contributed by atoms with Crippen LogP contribution in [0.5, 0.6) is 0 Å². The molecule has 174 valence electrons. The van der Waals surface area contributed by atoms with Crippen LogP contribution in [-0.2, 0) is 36.8 Å². The second-order valence-electron chi connectivity index (χ2n) is 9.02. The minimum absolute atomic E-state index is 0.386. The summed E-state index contributed by atoms with van der Waals surface area (Å²) in [5.74, 6) is -0.780. The van der Waals surface area contributed by atoms with Crippen molar-refractivity contribution in [3.05, 3.63) is 84.4 Å². The third-order valence-electron chi connectivity index (χ3n) is 6.24. The number of carbonyl (C=O) groups excluding carboxylic acids is 1. The van der Waals surface area contributed by atoms with E-state index < -0.39 is 48.6 Å². The zero-order valence-corrected chi connectivity index (χ0v) is 18.8. The van der Waals surface area contributed by atoms with Crippen molar-refractivity contribution in [3.63, 3.8) is 0 Å². The van der Waals surface area contributed by atoms with E-state index in [2.05, 4.69) is 6.58 Å². The molecule has 0 radical (unpaired) electrons. The van der Waals surface area contributed by atoms with Crippen LogP contribution >= 0.6 is 0 Å². The first-order chi connectivity index (χ1) is 15.9. The molecule has 7 heteroatoms. The van der Waals surface area contributed by atoms with Gasteiger partial charge in [0, 0.05) is 6.54 Å². The maximum atomic E-state index is 12.8. The lowest BCUT2D eigenvalue weighted by Crippen LogP contribution is -2.51. The molecular formula is C26H29NO6. The molecule has 0 aliphatic carbocycles. The second kappa shape index (κ2) is 8.91. The molecule has 0 unspecified atom stereocenters. The summed E-state index contributed by atoms with van der Waals surface area (Å²) in [6, 6.07) is 19.3. The van der Waals surface area contributed by atoms with Gasteiger partial charge in [-0.1, -0.05) is 67.2 Å². The normalized spacial score (nSPS) is 32.5. The minimum Gasteiger partial charge on any atom is -0.440 e. The number of hydrogen-bond donors (Lipinski definition) is 0. The molecule has 7 nitrogen and oxygen atoms in total. The molecule has 2 aromatic rings. The second-order valence-corrected chi connectivity index (χ2v) is 9.02. The molecule has 5 rings (SSSR count). The van der Waals surface area contributed by atoms with Gasteiger partial charge in [0.25, 0.3) is 0 Å². The van der Waals surface area contributed by atoms with Crippen molar-refractivity contribution < 1.29 is 28.5 Å².